The summed E-state index contributed by atoms with van der Waals surface area (Å²) in [4.78, 5) is 2.36. The van der Waals surface area contributed by atoms with Crippen molar-refractivity contribution >= 4 is 49.8 Å². The standard InChI is InChI=1S/C52H35NO/c1-3-12-36(13-4-1)38-22-24-39(25-23-38)41-28-33-44(34-29-41)53(43-31-26-40(27-32-43)37-14-5-2-6-15-37)50-21-10-9-18-46(50)47-19-11-20-48-49-35-30-42-16-7-8-17-45(42)51(49)54-52(47)48/h1-35H. The van der Waals surface area contributed by atoms with Crippen LogP contribution in [0.4, 0.5) is 17.1 Å². The fraction of sp³-hybridized carbons (Fsp3) is 0. The minimum atomic E-state index is 0.893. The molecule has 254 valence electrons. The molecule has 10 rings (SSSR count). The van der Waals surface area contributed by atoms with Gasteiger partial charge in [0.15, 0.2) is 0 Å². The van der Waals surface area contributed by atoms with E-state index in [1.165, 1.54) is 38.8 Å². The Kier molecular flexibility index (Phi) is 7.85. The molecule has 0 radical (unpaired) electrons. The number of para-hydroxylation sites is 2. The molecule has 0 aliphatic rings. The second-order valence-corrected chi connectivity index (χ2v) is 13.7. The Bertz CT molecular complexity index is 2890. The molecule has 10 aromatic rings. The summed E-state index contributed by atoms with van der Waals surface area (Å²) in [6.45, 7) is 0. The maximum absolute atomic E-state index is 6.84. The van der Waals surface area contributed by atoms with Crippen molar-refractivity contribution in [2.45, 2.75) is 0 Å². The van der Waals surface area contributed by atoms with Gasteiger partial charge >= 0.3 is 0 Å². The molecule has 1 aromatic heterocycles. The van der Waals surface area contributed by atoms with Gasteiger partial charge in [0.05, 0.1) is 5.69 Å². The van der Waals surface area contributed by atoms with Crippen LogP contribution in [0, 0.1) is 0 Å². The van der Waals surface area contributed by atoms with Crippen LogP contribution in [0.2, 0.25) is 0 Å². The SMILES string of the molecule is c1ccc(-c2ccc(-c3ccc(N(c4ccc(-c5ccccc5)cc4)c4ccccc4-c4cccc5c4oc4c6ccccc6ccc54)cc3)cc2)cc1. The third-order valence-electron chi connectivity index (χ3n) is 10.5. The molecule has 0 atom stereocenters. The van der Waals surface area contributed by atoms with Gasteiger partial charge in [-0.25, -0.2) is 0 Å². The van der Waals surface area contributed by atoms with Crippen molar-refractivity contribution < 1.29 is 4.42 Å². The van der Waals surface area contributed by atoms with Gasteiger partial charge in [-0.2, -0.15) is 0 Å². The lowest BCUT2D eigenvalue weighted by Crippen LogP contribution is -2.11. The highest BCUT2D eigenvalue weighted by Crippen LogP contribution is 2.45. The molecule has 0 saturated heterocycles. The van der Waals surface area contributed by atoms with Crippen LogP contribution in [-0.2, 0) is 0 Å². The minimum absolute atomic E-state index is 0.893. The van der Waals surface area contributed by atoms with E-state index < -0.39 is 0 Å². The van der Waals surface area contributed by atoms with E-state index in [9.17, 15) is 0 Å². The second kappa shape index (κ2) is 13.4. The number of rotatable bonds is 7. The fourth-order valence-electron chi connectivity index (χ4n) is 7.78. The van der Waals surface area contributed by atoms with E-state index in [1.807, 2.05) is 0 Å². The van der Waals surface area contributed by atoms with Gasteiger partial charge in [-0.15, -0.1) is 0 Å². The number of hydrogen-bond donors (Lipinski definition) is 0. The molecule has 1 heterocycles. The van der Waals surface area contributed by atoms with Crippen LogP contribution in [0.15, 0.2) is 217 Å². The highest BCUT2D eigenvalue weighted by Gasteiger charge is 2.21. The van der Waals surface area contributed by atoms with Crippen molar-refractivity contribution in [3.63, 3.8) is 0 Å². The third kappa shape index (κ3) is 5.62. The summed E-state index contributed by atoms with van der Waals surface area (Å²) < 4.78 is 6.84. The first-order chi connectivity index (χ1) is 26.8. The monoisotopic (exact) mass is 689 g/mol. The summed E-state index contributed by atoms with van der Waals surface area (Å²) in [5.74, 6) is 0. The smallest absolute Gasteiger partial charge is 0.143 e. The van der Waals surface area contributed by atoms with E-state index in [0.717, 1.165) is 55.5 Å². The normalized spacial score (nSPS) is 11.3. The molecule has 0 aliphatic heterocycles. The molecule has 0 unspecified atom stereocenters. The van der Waals surface area contributed by atoms with Crippen LogP contribution in [-0.4, -0.2) is 0 Å². The molecule has 0 spiro atoms. The molecule has 9 aromatic carbocycles. The summed E-state index contributed by atoms with van der Waals surface area (Å²) in [5, 5.41) is 4.54. The van der Waals surface area contributed by atoms with Gasteiger partial charge < -0.3 is 9.32 Å². The van der Waals surface area contributed by atoms with Crippen molar-refractivity contribution in [3.8, 4) is 44.5 Å². The lowest BCUT2D eigenvalue weighted by Gasteiger charge is -2.28. The van der Waals surface area contributed by atoms with Crippen molar-refractivity contribution in [3.05, 3.63) is 212 Å². The highest BCUT2D eigenvalue weighted by atomic mass is 16.3. The summed E-state index contributed by atoms with van der Waals surface area (Å²) in [5.41, 5.74) is 14.4. The first kappa shape index (κ1) is 31.6. The number of fused-ring (bicyclic) bond motifs is 5. The van der Waals surface area contributed by atoms with Gasteiger partial charge in [-0.3, -0.25) is 0 Å². The zero-order valence-electron chi connectivity index (χ0n) is 29.6. The second-order valence-electron chi connectivity index (χ2n) is 13.7. The molecular formula is C52H35NO. The molecule has 0 bridgehead atoms. The van der Waals surface area contributed by atoms with Gasteiger partial charge in [0.25, 0.3) is 0 Å². The van der Waals surface area contributed by atoms with E-state index in [1.54, 1.807) is 0 Å². The van der Waals surface area contributed by atoms with Crippen molar-refractivity contribution in [2.24, 2.45) is 0 Å². The van der Waals surface area contributed by atoms with Crippen LogP contribution in [0.25, 0.3) is 77.2 Å². The van der Waals surface area contributed by atoms with E-state index in [-0.39, 0.29) is 0 Å². The Labute approximate surface area is 314 Å². The molecule has 0 aliphatic carbocycles. The van der Waals surface area contributed by atoms with Crippen LogP contribution >= 0.6 is 0 Å². The maximum atomic E-state index is 6.84. The molecule has 0 saturated carbocycles. The molecule has 2 heteroatoms. The predicted octanol–water partition coefficient (Wildman–Crippen LogP) is 14.9. The van der Waals surface area contributed by atoms with Gasteiger partial charge in [0, 0.05) is 38.7 Å². The average molecular weight is 690 g/mol. The fourth-order valence-corrected chi connectivity index (χ4v) is 7.78. The van der Waals surface area contributed by atoms with Gasteiger partial charge in [0.2, 0.25) is 0 Å². The van der Waals surface area contributed by atoms with E-state index in [0.29, 0.717) is 0 Å². The van der Waals surface area contributed by atoms with Gasteiger partial charge in [-0.1, -0.05) is 176 Å². The minimum Gasteiger partial charge on any atom is -0.455 e. The molecule has 54 heavy (non-hydrogen) atoms. The zero-order chi connectivity index (χ0) is 35.8. The summed E-state index contributed by atoms with van der Waals surface area (Å²) >= 11 is 0. The Morgan fingerprint density at radius 1 is 0.278 bits per heavy atom. The molecule has 0 amide bonds. The van der Waals surface area contributed by atoms with Crippen LogP contribution < -0.4 is 4.90 Å². The summed E-state index contributed by atoms with van der Waals surface area (Å²) in [6, 6.07) is 75.7. The first-order valence-electron chi connectivity index (χ1n) is 18.4. The quantitative estimate of drug-likeness (QED) is 0.166. The zero-order valence-corrected chi connectivity index (χ0v) is 29.6. The predicted molar refractivity (Wildman–Crippen MR) is 228 cm³/mol. The largest absolute Gasteiger partial charge is 0.455 e. The third-order valence-corrected chi connectivity index (χ3v) is 10.5. The lowest BCUT2D eigenvalue weighted by atomic mass is 9.98. The Morgan fingerprint density at radius 2 is 0.722 bits per heavy atom. The van der Waals surface area contributed by atoms with E-state index >= 15 is 0 Å². The van der Waals surface area contributed by atoms with E-state index in [2.05, 4.69) is 217 Å². The number of furan rings is 1. The van der Waals surface area contributed by atoms with Gasteiger partial charge in [0.1, 0.15) is 11.2 Å². The summed E-state index contributed by atoms with van der Waals surface area (Å²) in [6.07, 6.45) is 0. The first-order valence-corrected chi connectivity index (χ1v) is 18.4. The van der Waals surface area contributed by atoms with E-state index in [4.69, 9.17) is 4.42 Å². The molecule has 2 nitrogen and oxygen atoms in total. The number of benzene rings is 9. The average Bonchev–Trinajstić information content (AvgIpc) is 3.65. The highest BCUT2D eigenvalue weighted by molar-refractivity contribution is 6.17. The molecular weight excluding hydrogens is 655 g/mol. The Hall–Kier alpha value is -7.16. The van der Waals surface area contributed by atoms with Crippen LogP contribution in [0.1, 0.15) is 0 Å². The van der Waals surface area contributed by atoms with Crippen molar-refractivity contribution in [1.29, 1.82) is 0 Å². The molecule has 0 fully saturated rings. The van der Waals surface area contributed by atoms with Crippen LogP contribution in [0.5, 0.6) is 0 Å². The topological polar surface area (TPSA) is 16.4 Å². The van der Waals surface area contributed by atoms with Gasteiger partial charge in [-0.05, 0) is 75.2 Å². The maximum Gasteiger partial charge on any atom is 0.143 e. The Balaban J connectivity index is 1.10. The molecule has 0 N–H and O–H groups in total. The number of hydrogen-bond acceptors (Lipinski definition) is 2. The number of nitrogens with zero attached hydrogens (tertiary/aromatic N) is 1. The van der Waals surface area contributed by atoms with Crippen LogP contribution in [0.3, 0.4) is 0 Å². The van der Waals surface area contributed by atoms with Crippen molar-refractivity contribution in [1.82, 2.24) is 0 Å². The lowest BCUT2D eigenvalue weighted by molar-refractivity contribution is 0.674. The number of anilines is 3. The summed E-state index contributed by atoms with van der Waals surface area (Å²) in [7, 11) is 0. The van der Waals surface area contributed by atoms with Crippen molar-refractivity contribution in [2.75, 3.05) is 4.90 Å². The Morgan fingerprint density at radius 3 is 1.33 bits per heavy atom.